The lowest BCUT2D eigenvalue weighted by atomic mass is 9.80. The number of pyridine rings is 1. The zero-order valence-corrected chi connectivity index (χ0v) is 11.8. The number of aromatic nitrogens is 1. The van der Waals surface area contributed by atoms with Gasteiger partial charge in [0.1, 0.15) is 11.8 Å². The van der Waals surface area contributed by atoms with Crippen LogP contribution < -0.4 is 5.32 Å². The summed E-state index contributed by atoms with van der Waals surface area (Å²) in [5.41, 5.74) is 1.82. The molecule has 0 aromatic carbocycles. The van der Waals surface area contributed by atoms with E-state index in [4.69, 9.17) is 5.26 Å². The van der Waals surface area contributed by atoms with Crippen LogP contribution in [0.15, 0.2) is 18.2 Å². The van der Waals surface area contributed by atoms with Crippen molar-refractivity contribution in [2.45, 2.75) is 26.3 Å². The number of hydrogen-bond acceptors (Lipinski definition) is 4. The van der Waals surface area contributed by atoms with Crippen LogP contribution in [-0.4, -0.2) is 36.6 Å². The molecule has 0 bridgehead atoms. The third-order valence-corrected chi connectivity index (χ3v) is 3.97. The molecule has 0 unspecified atom stereocenters. The van der Waals surface area contributed by atoms with Crippen LogP contribution in [0.5, 0.6) is 0 Å². The lowest BCUT2D eigenvalue weighted by molar-refractivity contribution is 0.136. The van der Waals surface area contributed by atoms with E-state index in [2.05, 4.69) is 35.2 Å². The molecule has 1 aromatic heterocycles. The standard InChI is InChI=1S/C15H22N4/c1-15(6-8-19(2)9-7-15)12-17-11-14-5-3-4-13(10-16)18-14/h3-5,17H,6-9,11-12H2,1-2H3. The van der Waals surface area contributed by atoms with Gasteiger partial charge in [-0.05, 0) is 50.5 Å². The van der Waals surface area contributed by atoms with Crippen molar-refractivity contribution in [3.05, 3.63) is 29.6 Å². The van der Waals surface area contributed by atoms with E-state index in [0.29, 0.717) is 11.1 Å². The van der Waals surface area contributed by atoms with Gasteiger partial charge < -0.3 is 10.2 Å². The first-order valence-corrected chi connectivity index (χ1v) is 6.87. The van der Waals surface area contributed by atoms with Gasteiger partial charge in [-0.3, -0.25) is 0 Å². The van der Waals surface area contributed by atoms with E-state index in [1.807, 2.05) is 12.1 Å². The zero-order valence-electron chi connectivity index (χ0n) is 11.8. The molecule has 19 heavy (non-hydrogen) atoms. The summed E-state index contributed by atoms with van der Waals surface area (Å²) in [4.78, 5) is 6.67. The van der Waals surface area contributed by atoms with Crippen LogP contribution in [0, 0.1) is 16.7 Å². The molecule has 102 valence electrons. The summed E-state index contributed by atoms with van der Waals surface area (Å²) in [6, 6.07) is 7.66. The van der Waals surface area contributed by atoms with E-state index in [9.17, 15) is 0 Å². The molecule has 1 fully saturated rings. The van der Waals surface area contributed by atoms with Gasteiger partial charge in [0.05, 0.1) is 5.69 Å². The highest BCUT2D eigenvalue weighted by molar-refractivity contribution is 5.22. The van der Waals surface area contributed by atoms with Gasteiger partial charge in [0, 0.05) is 13.1 Å². The zero-order chi connectivity index (χ0) is 13.7. The summed E-state index contributed by atoms with van der Waals surface area (Å²) in [7, 11) is 2.18. The van der Waals surface area contributed by atoms with Crippen LogP contribution >= 0.6 is 0 Å². The van der Waals surface area contributed by atoms with Gasteiger partial charge in [-0.2, -0.15) is 5.26 Å². The Morgan fingerprint density at radius 1 is 1.42 bits per heavy atom. The molecule has 1 aliphatic heterocycles. The average Bonchev–Trinajstić information content (AvgIpc) is 2.43. The highest BCUT2D eigenvalue weighted by Crippen LogP contribution is 2.29. The van der Waals surface area contributed by atoms with Gasteiger partial charge in [-0.25, -0.2) is 4.98 Å². The van der Waals surface area contributed by atoms with Crippen LogP contribution in [0.4, 0.5) is 0 Å². The third-order valence-electron chi connectivity index (χ3n) is 3.97. The molecule has 0 spiro atoms. The second-order valence-corrected chi connectivity index (χ2v) is 5.84. The SMILES string of the molecule is CN1CCC(C)(CNCc2cccc(C#N)n2)CC1. The minimum absolute atomic E-state index is 0.388. The predicted octanol–water partition coefficient (Wildman–Crippen LogP) is 1.77. The third kappa shape index (κ3) is 4.02. The maximum absolute atomic E-state index is 8.82. The molecule has 0 atom stereocenters. The first-order valence-electron chi connectivity index (χ1n) is 6.87. The molecule has 1 saturated heterocycles. The van der Waals surface area contributed by atoms with Gasteiger partial charge in [0.25, 0.3) is 0 Å². The van der Waals surface area contributed by atoms with Crippen LogP contribution in [0.1, 0.15) is 31.2 Å². The Kier molecular flexibility index (Phi) is 4.52. The fraction of sp³-hybridized carbons (Fsp3) is 0.600. The fourth-order valence-electron chi connectivity index (χ4n) is 2.47. The number of likely N-dealkylation sites (tertiary alicyclic amines) is 1. The van der Waals surface area contributed by atoms with Crippen molar-refractivity contribution in [1.82, 2.24) is 15.2 Å². The van der Waals surface area contributed by atoms with E-state index < -0.39 is 0 Å². The quantitative estimate of drug-likeness (QED) is 0.894. The lowest BCUT2D eigenvalue weighted by Gasteiger charge is -2.38. The average molecular weight is 258 g/mol. The normalized spacial score (nSPS) is 19.0. The molecule has 0 aliphatic carbocycles. The molecule has 1 N–H and O–H groups in total. The van der Waals surface area contributed by atoms with Crippen molar-refractivity contribution in [2.75, 3.05) is 26.7 Å². The second kappa shape index (κ2) is 6.14. The molecule has 1 aliphatic rings. The highest BCUT2D eigenvalue weighted by atomic mass is 15.1. The van der Waals surface area contributed by atoms with Crippen LogP contribution in [0.2, 0.25) is 0 Å². The van der Waals surface area contributed by atoms with E-state index in [1.165, 1.54) is 25.9 Å². The number of hydrogen-bond donors (Lipinski definition) is 1. The summed E-state index contributed by atoms with van der Waals surface area (Å²) in [5, 5.41) is 12.3. The summed E-state index contributed by atoms with van der Waals surface area (Å²) in [5.74, 6) is 0. The largest absolute Gasteiger partial charge is 0.311 e. The molecular weight excluding hydrogens is 236 g/mol. The summed E-state index contributed by atoms with van der Waals surface area (Å²) >= 11 is 0. The monoisotopic (exact) mass is 258 g/mol. The smallest absolute Gasteiger partial charge is 0.140 e. The van der Waals surface area contributed by atoms with Crippen LogP contribution in [-0.2, 0) is 6.54 Å². The highest BCUT2D eigenvalue weighted by Gasteiger charge is 2.28. The maximum Gasteiger partial charge on any atom is 0.140 e. The van der Waals surface area contributed by atoms with Crippen molar-refractivity contribution in [3.63, 3.8) is 0 Å². The number of rotatable bonds is 4. The second-order valence-electron chi connectivity index (χ2n) is 5.84. The minimum Gasteiger partial charge on any atom is -0.311 e. The number of piperidine rings is 1. The van der Waals surface area contributed by atoms with Gasteiger partial charge >= 0.3 is 0 Å². The van der Waals surface area contributed by atoms with Gasteiger partial charge in [0.15, 0.2) is 0 Å². The molecule has 4 heteroatoms. The Hall–Kier alpha value is -1.44. The Balaban J connectivity index is 1.81. The van der Waals surface area contributed by atoms with Crippen molar-refractivity contribution < 1.29 is 0 Å². The van der Waals surface area contributed by atoms with E-state index in [-0.39, 0.29) is 0 Å². The Morgan fingerprint density at radius 3 is 2.84 bits per heavy atom. The number of nitrogens with one attached hydrogen (secondary N) is 1. The number of nitriles is 1. The first-order chi connectivity index (χ1) is 9.11. The molecule has 2 rings (SSSR count). The molecule has 4 nitrogen and oxygen atoms in total. The maximum atomic E-state index is 8.82. The van der Waals surface area contributed by atoms with Crippen LogP contribution in [0.3, 0.4) is 0 Å². The van der Waals surface area contributed by atoms with Crippen molar-refractivity contribution >= 4 is 0 Å². The van der Waals surface area contributed by atoms with Crippen LogP contribution in [0.25, 0.3) is 0 Å². The minimum atomic E-state index is 0.388. The lowest BCUT2D eigenvalue weighted by Crippen LogP contribution is -2.41. The molecule has 0 saturated carbocycles. The molecule has 0 amide bonds. The summed E-state index contributed by atoms with van der Waals surface area (Å²) in [6.07, 6.45) is 2.48. The predicted molar refractivity (Wildman–Crippen MR) is 75.5 cm³/mol. The fourth-order valence-corrected chi connectivity index (χ4v) is 2.47. The Morgan fingerprint density at radius 2 is 2.16 bits per heavy atom. The van der Waals surface area contributed by atoms with E-state index in [1.54, 1.807) is 6.07 Å². The van der Waals surface area contributed by atoms with E-state index in [0.717, 1.165) is 18.8 Å². The van der Waals surface area contributed by atoms with Gasteiger partial charge in [0.2, 0.25) is 0 Å². The van der Waals surface area contributed by atoms with Crippen molar-refractivity contribution in [3.8, 4) is 6.07 Å². The molecule has 0 radical (unpaired) electrons. The molecule has 2 heterocycles. The topological polar surface area (TPSA) is 52.0 Å². The van der Waals surface area contributed by atoms with Crippen molar-refractivity contribution in [2.24, 2.45) is 5.41 Å². The van der Waals surface area contributed by atoms with Gasteiger partial charge in [-0.1, -0.05) is 13.0 Å². The summed E-state index contributed by atoms with van der Waals surface area (Å²) < 4.78 is 0. The Bertz CT molecular complexity index is 455. The van der Waals surface area contributed by atoms with Crippen molar-refractivity contribution in [1.29, 1.82) is 5.26 Å². The van der Waals surface area contributed by atoms with Gasteiger partial charge in [-0.15, -0.1) is 0 Å². The number of nitrogens with zero attached hydrogens (tertiary/aromatic N) is 3. The molecule has 1 aromatic rings. The van der Waals surface area contributed by atoms with E-state index >= 15 is 0 Å². The summed E-state index contributed by atoms with van der Waals surface area (Å²) in [6.45, 7) is 6.47. The molecular formula is C15H22N4. The first kappa shape index (κ1) is 14.0. The Labute approximate surface area is 115 Å².